The molecule has 0 amide bonds. The van der Waals surface area contributed by atoms with Crippen LogP contribution in [0.5, 0.6) is 17.2 Å². The van der Waals surface area contributed by atoms with Crippen molar-refractivity contribution in [3.05, 3.63) is 40.4 Å². The lowest BCUT2D eigenvalue weighted by atomic mass is 10.3. The van der Waals surface area contributed by atoms with Gasteiger partial charge in [-0.25, -0.2) is 8.42 Å². The SMILES string of the molecule is CCN(c1ccc2c(c1)OCO2)S(=O)(=O)c1ccc(OC)c(Cl)c1Cl. The highest BCUT2D eigenvalue weighted by Crippen LogP contribution is 2.40. The number of benzene rings is 2. The average molecular weight is 404 g/mol. The van der Waals surface area contributed by atoms with Crippen LogP contribution >= 0.6 is 23.2 Å². The van der Waals surface area contributed by atoms with Gasteiger partial charge in [0.15, 0.2) is 11.5 Å². The Morgan fingerprint density at radius 3 is 2.52 bits per heavy atom. The van der Waals surface area contributed by atoms with E-state index in [0.29, 0.717) is 22.9 Å². The molecule has 134 valence electrons. The van der Waals surface area contributed by atoms with Crippen molar-refractivity contribution in [2.24, 2.45) is 0 Å². The zero-order valence-corrected chi connectivity index (χ0v) is 15.8. The molecule has 0 unspecified atom stereocenters. The van der Waals surface area contributed by atoms with Gasteiger partial charge in [0.2, 0.25) is 6.79 Å². The summed E-state index contributed by atoms with van der Waals surface area (Å²) in [5, 5.41) is -0.0350. The zero-order chi connectivity index (χ0) is 18.2. The molecule has 1 aliphatic rings. The quantitative estimate of drug-likeness (QED) is 0.755. The molecule has 0 saturated heterocycles. The molecule has 0 fully saturated rings. The summed E-state index contributed by atoms with van der Waals surface area (Å²) < 4.78 is 43.1. The zero-order valence-electron chi connectivity index (χ0n) is 13.5. The third-order valence-corrected chi connectivity index (χ3v) is 6.65. The third-order valence-electron chi connectivity index (χ3n) is 3.73. The molecule has 0 bridgehead atoms. The first-order valence-corrected chi connectivity index (χ1v) is 9.54. The lowest BCUT2D eigenvalue weighted by Crippen LogP contribution is -2.31. The van der Waals surface area contributed by atoms with Crippen molar-refractivity contribution in [3.63, 3.8) is 0 Å². The number of halogens is 2. The number of anilines is 1. The molecule has 2 aromatic rings. The summed E-state index contributed by atoms with van der Waals surface area (Å²) in [7, 11) is -2.51. The van der Waals surface area contributed by atoms with Gasteiger partial charge >= 0.3 is 0 Å². The first kappa shape index (κ1) is 18.0. The van der Waals surface area contributed by atoms with E-state index in [1.165, 1.54) is 23.5 Å². The summed E-state index contributed by atoms with van der Waals surface area (Å²) >= 11 is 12.3. The van der Waals surface area contributed by atoms with Crippen LogP contribution in [-0.4, -0.2) is 28.9 Å². The van der Waals surface area contributed by atoms with Gasteiger partial charge in [-0.3, -0.25) is 4.31 Å². The standard InChI is InChI=1S/C16H15Cl2NO5S/c1-3-19(10-4-5-11-13(8-10)24-9-23-11)25(20,21)14-7-6-12(22-2)15(17)16(14)18/h4-8H,3,9H2,1-2H3. The Balaban J connectivity index is 2.07. The molecule has 0 spiro atoms. The second-order valence-electron chi connectivity index (χ2n) is 5.10. The Labute approximate surface area is 155 Å². The molecule has 0 atom stereocenters. The van der Waals surface area contributed by atoms with Crippen LogP contribution in [0.2, 0.25) is 10.0 Å². The van der Waals surface area contributed by atoms with Crippen LogP contribution in [0.1, 0.15) is 6.92 Å². The maximum atomic E-state index is 13.1. The number of methoxy groups -OCH3 is 1. The minimum Gasteiger partial charge on any atom is -0.495 e. The van der Waals surface area contributed by atoms with Gasteiger partial charge in [0.25, 0.3) is 10.0 Å². The van der Waals surface area contributed by atoms with Crippen LogP contribution in [0.25, 0.3) is 0 Å². The Bertz CT molecular complexity index is 917. The predicted octanol–water partition coefficient (Wildman–Crippen LogP) is 3.95. The number of nitrogens with zero attached hydrogens (tertiary/aromatic N) is 1. The van der Waals surface area contributed by atoms with Crippen LogP contribution in [0.15, 0.2) is 35.2 Å². The molecule has 0 saturated carbocycles. The molecule has 0 aliphatic carbocycles. The van der Waals surface area contributed by atoms with E-state index < -0.39 is 10.0 Å². The van der Waals surface area contributed by atoms with E-state index in [1.54, 1.807) is 25.1 Å². The van der Waals surface area contributed by atoms with E-state index in [4.69, 9.17) is 37.4 Å². The van der Waals surface area contributed by atoms with Gasteiger partial charge in [0.05, 0.1) is 17.8 Å². The van der Waals surface area contributed by atoms with Gasteiger partial charge in [0.1, 0.15) is 15.7 Å². The Hall–Kier alpha value is -1.83. The monoisotopic (exact) mass is 403 g/mol. The molecule has 0 N–H and O–H groups in total. The molecule has 1 heterocycles. The lowest BCUT2D eigenvalue weighted by Gasteiger charge is -2.24. The minimum atomic E-state index is -3.93. The second-order valence-corrected chi connectivity index (χ2v) is 7.69. The van der Waals surface area contributed by atoms with Crippen molar-refractivity contribution in [1.82, 2.24) is 0 Å². The van der Waals surface area contributed by atoms with Crippen molar-refractivity contribution in [2.45, 2.75) is 11.8 Å². The molecule has 6 nitrogen and oxygen atoms in total. The number of hydrogen-bond acceptors (Lipinski definition) is 5. The molecule has 3 rings (SSSR count). The average Bonchev–Trinajstić information content (AvgIpc) is 3.05. The van der Waals surface area contributed by atoms with E-state index in [0.717, 1.165) is 0 Å². The van der Waals surface area contributed by atoms with E-state index in [2.05, 4.69) is 0 Å². The smallest absolute Gasteiger partial charge is 0.265 e. The summed E-state index contributed by atoms with van der Waals surface area (Å²) in [6, 6.07) is 7.76. The summed E-state index contributed by atoms with van der Waals surface area (Å²) in [4.78, 5) is -0.0977. The fourth-order valence-electron chi connectivity index (χ4n) is 2.52. The molecule has 0 radical (unpaired) electrons. The highest BCUT2D eigenvalue weighted by molar-refractivity contribution is 7.93. The normalized spacial score (nSPS) is 13.0. The van der Waals surface area contributed by atoms with Crippen LogP contribution in [0, 0.1) is 0 Å². The highest BCUT2D eigenvalue weighted by Gasteiger charge is 2.29. The van der Waals surface area contributed by atoms with E-state index >= 15 is 0 Å². The van der Waals surface area contributed by atoms with Crippen molar-refractivity contribution in [3.8, 4) is 17.2 Å². The highest BCUT2D eigenvalue weighted by atomic mass is 35.5. The molecule has 0 aromatic heterocycles. The number of ether oxygens (including phenoxy) is 3. The van der Waals surface area contributed by atoms with Gasteiger partial charge in [-0.2, -0.15) is 0 Å². The van der Waals surface area contributed by atoms with Crippen molar-refractivity contribution in [1.29, 1.82) is 0 Å². The summed E-state index contributed by atoms with van der Waals surface area (Å²) in [5.74, 6) is 1.37. The minimum absolute atomic E-state index is 0.0481. The number of hydrogen-bond donors (Lipinski definition) is 0. The first-order valence-electron chi connectivity index (χ1n) is 7.34. The van der Waals surface area contributed by atoms with Gasteiger partial charge in [0, 0.05) is 12.6 Å². The van der Waals surface area contributed by atoms with Crippen LogP contribution in [0.4, 0.5) is 5.69 Å². The largest absolute Gasteiger partial charge is 0.495 e. The Kier molecular flexibility index (Phi) is 4.90. The number of sulfonamides is 1. The summed E-state index contributed by atoms with van der Waals surface area (Å²) in [5.41, 5.74) is 0.440. The molecular weight excluding hydrogens is 389 g/mol. The molecule has 9 heteroatoms. The molecule has 25 heavy (non-hydrogen) atoms. The molecular formula is C16H15Cl2NO5S. The summed E-state index contributed by atoms with van der Waals surface area (Å²) in [6.45, 7) is 2.03. The van der Waals surface area contributed by atoms with Crippen molar-refractivity contribution < 1.29 is 22.6 Å². The number of rotatable bonds is 5. The maximum absolute atomic E-state index is 13.1. The predicted molar refractivity (Wildman–Crippen MR) is 95.8 cm³/mol. The first-order chi connectivity index (χ1) is 11.9. The fraction of sp³-hybridized carbons (Fsp3) is 0.250. The van der Waals surface area contributed by atoms with Crippen LogP contribution in [0.3, 0.4) is 0 Å². The maximum Gasteiger partial charge on any atom is 0.265 e. The van der Waals surface area contributed by atoms with E-state index in [1.807, 2.05) is 0 Å². The van der Waals surface area contributed by atoms with Crippen molar-refractivity contribution in [2.75, 3.05) is 24.8 Å². The van der Waals surface area contributed by atoms with Gasteiger partial charge in [-0.15, -0.1) is 0 Å². The number of fused-ring (bicyclic) bond motifs is 1. The molecule has 1 aliphatic heterocycles. The van der Waals surface area contributed by atoms with Crippen LogP contribution < -0.4 is 18.5 Å². The van der Waals surface area contributed by atoms with Crippen LogP contribution in [-0.2, 0) is 10.0 Å². The van der Waals surface area contributed by atoms with Gasteiger partial charge in [-0.1, -0.05) is 23.2 Å². The molecule has 2 aromatic carbocycles. The lowest BCUT2D eigenvalue weighted by molar-refractivity contribution is 0.174. The topological polar surface area (TPSA) is 65.1 Å². The van der Waals surface area contributed by atoms with E-state index in [-0.39, 0.29) is 28.3 Å². The third kappa shape index (κ3) is 3.07. The van der Waals surface area contributed by atoms with Gasteiger partial charge in [-0.05, 0) is 31.2 Å². The Morgan fingerprint density at radius 2 is 1.84 bits per heavy atom. The Morgan fingerprint density at radius 1 is 1.12 bits per heavy atom. The summed E-state index contributed by atoms with van der Waals surface area (Å²) in [6.07, 6.45) is 0. The van der Waals surface area contributed by atoms with Crippen molar-refractivity contribution >= 4 is 38.9 Å². The second kappa shape index (κ2) is 6.82. The van der Waals surface area contributed by atoms with Gasteiger partial charge < -0.3 is 14.2 Å². The fourth-order valence-corrected chi connectivity index (χ4v) is 4.80. The van der Waals surface area contributed by atoms with E-state index in [9.17, 15) is 8.42 Å².